The molecule has 0 saturated heterocycles. The Balaban J connectivity index is 1.75. The van der Waals surface area contributed by atoms with Gasteiger partial charge in [0.05, 0.1) is 11.9 Å². The van der Waals surface area contributed by atoms with E-state index in [1.165, 1.54) is 31.4 Å². The van der Waals surface area contributed by atoms with Crippen LogP contribution in [0.4, 0.5) is 27.6 Å². The van der Waals surface area contributed by atoms with E-state index in [9.17, 15) is 22.0 Å². The van der Waals surface area contributed by atoms with Crippen LogP contribution in [0.15, 0.2) is 42.7 Å². The fraction of sp³-hybridized carbons (Fsp3) is 0.235. The number of anilines is 1. The quantitative estimate of drug-likeness (QED) is 0.806. The van der Waals surface area contributed by atoms with Crippen LogP contribution in [0.3, 0.4) is 0 Å². The lowest BCUT2D eigenvalue weighted by molar-refractivity contribution is -0.148. The lowest BCUT2D eigenvalue weighted by atomic mass is 10.1. The second-order valence-corrected chi connectivity index (χ2v) is 5.82. The molecule has 138 valence electrons. The van der Waals surface area contributed by atoms with E-state index in [2.05, 4.69) is 15.7 Å². The van der Waals surface area contributed by atoms with Gasteiger partial charge in [-0.3, -0.25) is 4.98 Å². The number of pyridine rings is 1. The highest BCUT2D eigenvalue weighted by atomic mass is 19.4. The van der Waals surface area contributed by atoms with E-state index < -0.39 is 23.9 Å². The van der Waals surface area contributed by atoms with Gasteiger partial charge in [-0.2, -0.15) is 13.2 Å². The number of nitrogens with one attached hydrogen (secondary N) is 2. The number of hydrogen-bond donors (Lipinski definition) is 2. The lowest BCUT2D eigenvalue weighted by Gasteiger charge is -2.20. The van der Waals surface area contributed by atoms with Crippen LogP contribution in [0, 0.1) is 11.6 Å². The van der Waals surface area contributed by atoms with E-state index >= 15 is 0 Å². The highest BCUT2D eigenvalue weighted by Crippen LogP contribution is 2.32. The molecule has 2 N–H and O–H groups in total. The van der Waals surface area contributed by atoms with Crippen molar-refractivity contribution in [2.45, 2.75) is 18.8 Å². The van der Waals surface area contributed by atoms with Gasteiger partial charge in [-0.1, -0.05) is 0 Å². The zero-order valence-corrected chi connectivity index (χ0v) is 13.6. The van der Waals surface area contributed by atoms with E-state index in [4.69, 9.17) is 0 Å². The fourth-order valence-electron chi connectivity index (χ4n) is 2.61. The molecule has 0 spiro atoms. The number of aromatic nitrogens is 1. The summed E-state index contributed by atoms with van der Waals surface area (Å²) in [4.78, 5) is 3.71. The minimum absolute atomic E-state index is 0.0460. The summed E-state index contributed by atoms with van der Waals surface area (Å²) in [5.74, 6) is -1.15. The Morgan fingerprint density at radius 2 is 1.96 bits per heavy atom. The number of benzene rings is 1. The highest BCUT2D eigenvalue weighted by Gasteiger charge is 2.42. The number of halogens is 5. The van der Waals surface area contributed by atoms with Gasteiger partial charge in [0, 0.05) is 31.0 Å². The van der Waals surface area contributed by atoms with Crippen molar-refractivity contribution in [1.29, 1.82) is 0 Å². The van der Waals surface area contributed by atoms with Gasteiger partial charge >= 0.3 is 6.18 Å². The zero-order valence-electron chi connectivity index (χ0n) is 13.6. The van der Waals surface area contributed by atoms with Crippen LogP contribution in [0.25, 0.3) is 5.70 Å². The maximum atomic E-state index is 14.4. The molecule has 1 aromatic carbocycles. The van der Waals surface area contributed by atoms with Crippen LogP contribution in [0.2, 0.25) is 0 Å². The summed E-state index contributed by atoms with van der Waals surface area (Å²) >= 11 is 0. The average Bonchev–Trinajstić information content (AvgIpc) is 2.95. The molecule has 2 aromatic rings. The highest BCUT2D eigenvalue weighted by molar-refractivity contribution is 5.68. The Kier molecular flexibility index (Phi) is 4.82. The largest absolute Gasteiger partial charge is 0.409 e. The van der Waals surface area contributed by atoms with Crippen LogP contribution in [-0.2, 0) is 6.54 Å². The maximum absolute atomic E-state index is 14.4. The first-order valence-electron chi connectivity index (χ1n) is 7.65. The number of hydrazine groups is 1. The molecule has 0 saturated carbocycles. The third-order valence-electron chi connectivity index (χ3n) is 3.87. The number of rotatable bonds is 4. The third kappa shape index (κ3) is 3.93. The molecular formula is C17H15F5N4. The number of alkyl halides is 3. The first-order valence-corrected chi connectivity index (χ1v) is 7.65. The van der Waals surface area contributed by atoms with Crippen molar-refractivity contribution < 1.29 is 22.0 Å². The lowest BCUT2D eigenvalue weighted by Crippen LogP contribution is -2.42. The molecule has 1 aromatic heterocycles. The summed E-state index contributed by atoms with van der Waals surface area (Å²) in [5, 5.41) is 4.06. The van der Waals surface area contributed by atoms with Gasteiger partial charge in [-0.15, -0.1) is 0 Å². The van der Waals surface area contributed by atoms with Gasteiger partial charge in [0.2, 0.25) is 0 Å². The van der Waals surface area contributed by atoms with Crippen LogP contribution >= 0.6 is 0 Å². The van der Waals surface area contributed by atoms with E-state index in [1.807, 2.05) is 0 Å². The minimum atomic E-state index is -4.47. The Hall–Kier alpha value is -2.68. The molecule has 1 atom stereocenters. The van der Waals surface area contributed by atoms with E-state index in [0.717, 1.165) is 17.3 Å². The van der Waals surface area contributed by atoms with E-state index in [-0.39, 0.29) is 17.8 Å². The summed E-state index contributed by atoms with van der Waals surface area (Å²) in [6.07, 6.45) is -0.981. The Labute approximate surface area is 146 Å². The summed E-state index contributed by atoms with van der Waals surface area (Å²) in [7, 11) is 1.39. The molecule has 0 radical (unpaired) electrons. The molecule has 26 heavy (non-hydrogen) atoms. The van der Waals surface area contributed by atoms with Crippen molar-refractivity contribution in [3.8, 4) is 0 Å². The van der Waals surface area contributed by atoms with Crippen LogP contribution in [0.1, 0.15) is 11.1 Å². The van der Waals surface area contributed by atoms with Gasteiger partial charge in [0.25, 0.3) is 0 Å². The molecule has 3 rings (SSSR count). The molecule has 0 aliphatic carbocycles. The average molecular weight is 370 g/mol. The monoisotopic (exact) mass is 370 g/mol. The van der Waals surface area contributed by atoms with E-state index in [1.54, 1.807) is 6.07 Å². The van der Waals surface area contributed by atoms with Crippen molar-refractivity contribution in [2.24, 2.45) is 0 Å². The van der Waals surface area contributed by atoms with Gasteiger partial charge < -0.3 is 10.3 Å². The van der Waals surface area contributed by atoms with Gasteiger partial charge in [-0.25, -0.2) is 14.2 Å². The normalized spacial score (nSPS) is 17.4. The standard InChI is InChI=1S/C17H15F5N4/c1-26-15(6-16(25-26)17(20,21)22)13-3-2-12(5-14(13)19)24-8-10-4-11(18)9-23-7-10/h2-7,9,16,24-25H,8H2,1H3. The minimum Gasteiger partial charge on any atom is -0.381 e. The molecule has 0 bridgehead atoms. The zero-order chi connectivity index (χ0) is 18.9. The SMILES string of the molecule is CN1NC(C(F)(F)F)C=C1c1ccc(NCc2cncc(F)c2)cc1F. The molecule has 2 heterocycles. The molecular weight excluding hydrogens is 355 g/mol. The second-order valence-electron chi connectivity index (χ2n) is 5.82. The molecule has 1 aliphatic rings. The first kappa shape index (κ1) is 18.1. The van der Waals surface area contributed by atoms with Crippen molar-refractivity contribution >= 4 is 11.4 Å². The topological polar surface area (TPSA) is 40.2 Å². The maximum Gasteiger partial charge on any atom is 0.409 e. The number of nitrogens with zero attached hydrogens (tertiary/aromatic N) is 2. The van der Waals surface area contributed by atoms with Crippen LogP contribution in [-0.4, -0.2) is 29.3 Å². The number of hydrogen-bond acceptors (Lipinski definition) is 4. The third-order valence-corrected chi connectivity index (χ3v) is 3.87. The Morgan fingerprint density at radius 1 is 1.19 bits per heavy atom. The Bertz CT molecular complexity index is 834. The summed E-state index contributed by atoms with van der Waals surface area (Å²) < 4.78 is 65.9. The van der Waals surface area contributed by atoms with E-state index in [0.29, 0.717) is 11.3 Å². The predicted molar refractivity (Wildman–Crippen MR) is 86.6 cm³/mol. The van der Waals surface area contributed by atoms with Crippen LogP contribution < -0.4 is 10.7 Å². The molecule has 0 amide bonds. The van der Waals surface area contributed by atoms with Crippen molar-refractivity contribution in [2.75, 3.05) is 12.4 Å². The van der Waals surface area contributed by atoms with Gasteiger partial charge in [0.1, 0.15) is 17.7 Å². The molecule has 0 fully saturated rings. The van der Waals surface area contributed by atoms with Crippen molar-refractivity contribution in [1.82, 2.24) is 15.4 Å². The van der Waals surface area contributed by atoms with Gasteiger partial charge in [0.15, 0.2) is 0 Å². The summed E-state index contributed by atoms with van der Waals surface area (Å²) in [6, 6.07) is 3.55. The molecule has 1 unspecified atom stereocenters. The van der Waals surface area contributed by atoms with Gasteiger partial charge in [-0.05, 0) is 35.9 Å². The van der Waals surface area contributed by atoms with Crippen molar-refractivity contribution in [3.05, 3.63) is 65.5 Å². The first-order chi connectivity index (χ1) is 12.2. The second kappa shape index (κ2) is 6.91. The molecule has 4 nitrogen and oxygen atoms in total. The predicted octanol–water partition coefficient (Wildman–Crippen LogP) is 3.69. The van der Waals surface area contributed by atoms with Crippen molar-refractivity contribution in [3.63, 3.8) is 0 Å². The molecule has 1 aliphatic heterocycles. The Morgan fingerprint density at radius 3 is 2.58 bits per heavy atom. The summed E-state index contributed by atoms with van der Waals surface area (Å²) in [5.41, 5.74) is 3.36. The fourth-order valence-corrected chi connectivity index (χ4v) is 2.61. The van der Waals surface area contributed by atoms with Crippen LogP contribution in [0.5, 0.6) is 0 Å². The smallest absolute Gasteiger partial charge is 0.381 e. The molecule has 9 heteroatoms. The summed E-state index contributed by atoms with van der Waals surface area (Å²) in [6.45, 7) is 0.226.